The third-order valence-electron chi connectivity index (χ3n) is 7.34. The predicted molar refractivity (Wildman–Crippen MR) is 138 cm³/mol. The summed E-state index contributed by atoms with van der Waals surface area (Å²) in [7, 11) is 0. The normalized spacial score (nSPS) is 24.3. The SMILES string of the molecule is C=CCOc1ccc(C(O)=C2C(=O)C(=O)N(C[C@H]3CCCO3)[C@@]23C(=O)N(CC)c2ccccc23)cc1C. The van der Waals surface area contributed by atoms with Crippen LogP contribution in [0.4, 0.5) is 5.69 Å². The first-order chi connectivity index (χ1) is 17.9. The summed E-state index contributed by atoms with van der Waals surface area (Å²) < 4.78 is 11.4. The number of hydrogen-bond donors (Lipinski definition) is 1. The van der Waals surface area contributed by atoms with Crippen LogP contribution in [0.1, 0.15) is 36.5 Å². The molecule has 0 radical (unpaired) electrons. The van der Waals surface area contributed by atoms with Crippen LogP contribution in [0, 0.1) is 6.92 Å². The average Bonchev–Trinajstić information content (AvgIpc) is 3.56. The molecule has 3 aliphatic rings. The number of nitrogens with zero attached hydrogens (tertiary/aromatic N) is 2. The highest BCUT2D eigenvalue weighted by molar-refractivity contribution is 6.50. The van der Waals surface area contributed by atoms with Crippen LogP contribution in [-0.2, 0) is 24.7 Å². The molecule has 2 aromatic rings. The summed E-state index contributed by atoms with van der Waals surface area (Å²) >= 11 is 0. The fraction of sp³-hybridized carbons (Fsp3) is 0.345. The minimum atomic E-state index is -1.78. The van der Waals surface area contributed by atoms with Crippen molar-refractivity contribution in [3.05, 3.63) is 77.4 Å². The fourth-order valence-corrected chi connectivity index (χ4v) is 5.67. The summed E-state index contributed by atoms with van der Waals surface area (Å²) in [6.07, 6.45) is 2.89. The average molecular weight is 503 g/mol. The van der Waals surface area contributed by atoms with Gasteiger partial charge in [-0.2, -0.15) is 0 Å². The zero-order valence-electron chi connectivity index (χ0n) is 21.0. The number of carbonyl (C=O) groups is 3. The lowest BCUT2D eigenvalue weighted by molar-refractivity contribution is -0.145. The number of likely N-dealkylation sites (N-methyl/N-ethyl adjacent to an activating group) is 1. The Hall–Kier alpha value is -3.91. The van der Waals surface area contributed by atoms with E-state index in [0.717, 1.165) is 18.4 Å². The number of aliphatic hydroxyl groups excluding tert-OH is 1. The van der Waals surface area contributed by atoms with E-state index in [1.54, 1.807) is 47.4 Å². The third kappa shape index (κ3) is 3.66. The number of Topliss-reactive ketones (excluding diaryl/α,β-unsaturated/α-hetero) is 1. The van der Waals surface area contributed by atoms with E-state index in [2.05, 4.69) is 6.58 Å². The van der Waals surface area contributed by atoms with Gasteiger partial charge in [0, 0.05) is 30.8 Å². The van der Waals surface area contributed by atoms with Crippen molar-refractivity contribution in [3.8, 4) is 5.75 Å². The van der Waals surface area contributed by atoms with Gasteiger partial charge in [0.15, 0.2) is 5.54 Å². The first kappa shape index (κ1) is 24.8. The molecular formula is C29H30N2O6. The second-order valence-electron chi connectivity index (χ2n) is 9.46. The van der Waals surface area contributed by atoms with Gasteiger partial charge in [-0.3, -0.25) is 14.4 Å². The molecule has 5 rings (SSSR count). The molecule has 1 spiro atoms. The van der Waals surface area contributed by atoms with Gasteiger partial charge in [0.25, 0.3) is 17.6 Å². The van der Waals surface area contributed by atoms with Gasteiger partial charge in [0.1, 0.15) is 18.1 Å². The number of amides is 2. The number of aryl methyl sites for hydroxylation is 1. The van der Waals surface area contributed by atoms with Gasteiger partial charge >= 0.3 is 0 Å². The standard InChI is InChI=1S/C29H30N2O6/c1-4-14-37-23-13-12-19(16-18(23)3)25(32)24-26(33)27(34)31(17-20-9-8-15-36-20)29(24)21-10-6-7-11-22(21)30(5-2)28(29)35/h4,6-7,10-13,16,20,32H,1,5,8-9,14-15,17H2,2-3H3/t20-,29-/m1/s1. The number of ether oxygens (including phenoxy) is 2. The molecule has 0 saturated carbocycles. The molecule has 1 N–H and O–H groups in total. The lowest BCUT2D eigenvalue weighted by Gasteiger charge is -2.35. The molecule has 0 unspecified atom stereocenters. The number of fused-ring (bicyclic) bond motifs is 2. The van der Waals surface area contributed by atoms with Crippen LogP contribution in [0.2, 0.25) is 0 Å². The summed E-state index contributed by atoms with van der Waals surface area (Å²) in [5, 5.41) is 11.6. The molecule has 8 nitrogen and oxygen atoms in total. The molecule has 0 aromatic heterocycles. The third-order valence-corrected chi connectivity index (χ3v) is 7.34. The molecule has 2 amide bonds. The van der Waals surface area contributed by atoms with Gasteiger partial charge in [-0.15, -0.1) is 0 Å². The molecule has 192 valence electrons. The second-order valence-corrected chi connectivity index (χ2v) is 9.46. The molecule has 8 heteroatoms. The molecule has 2 fully saturated rings. The molecule has 3 aliphatic heterocycles. The summed E-state index contributed by atoms with van der Waals surface area (Å²) in [5.74, 6) is -1.93. The first-order valence-electron chi connectivity index (χ1n) is 12.5. The Kier molecular flexibility index (Phi) is 6.37. The van der Waals surface area contributed by atoms with Crippen LogP contribution in [-0.4, -0.2) is 60.0 Å². The number of hydrogen-bond acceptors (Lipinski definition) is 6. The van der Waals surface area contributed by atoms with E-state index < -0.39 is 28.9 Å². The highest BCUT2D eigenvalue weighted by atomic mass is 16.5. The Morgan fingerprint density at radius 3 is 2.70 bits per heavy atom. The Bertz CT molecular complexity index is 1330. The Morgan fingerprint density at radius 1 is 1.24 bits per heavy atom. The molecule has 2 saturated heterocycles. The predicted octanol–water partition coefficient (Wildman–Crippen LogP) is 3.68. The summed E-state index contributed by atoms with van der Waals surface area (Å²) in [6, 6.07) is 12.1. The van der Waals surface area contributed by atoms with E-state index in [-0.39, 0.29) is 18.2 Å². The Morgan fingerprint density at radius 2 is 2.03 bits per heavy atom. The number of aliphatic hydroxyl groups is 1. The lowest BCUT2D eigenvalue weighted by Crippen LogP contribution is -2.53. The molecule has 2 aromatic carbocycles. The quantitative estimate of drug-likeness (QED) is 0.269. The second kappa shape index (κ2) is 9.52. The zero-order valence-corrected chi connectivity index (χ0v) is 21.0. The Balaban J connectivity index is 1.73. The topological polar surface area (TPSA) is 96.4 Å². The lowest BCUT2D eigenvalue weighted by atomic mass is 9.81. The minimum absolute atomic E-state index is 0.0757. The highest BCUT2D eigenvalue weighted by Gasteiger charge is 2.67. The van der Waals surface area contributed by atoms with E-state index in [1.807, 2.05) is 19.9 Å². The van der Waals surface area contributed by atoms with Crippen molar-refractivity contribution >= 4 is 29.0 Å². The van der Waals surface area contributed by atoms with Crippen molar-refractivity contribution in [3.63, 3.8) is 0 Å². The van der Waals surface area contributed by atoms with Crippen molar-refractivity contribution in [2.24, 2.45) is 0 Å². The maximum Gasteiger partial charge on any atom is 0.296 e. The number of rotatable bonds is 7. The van der Waals surface area contributed by atoms with Crippen LogP contribution in [0.3, 0.4) is 0 Å². The van der Waals surface area contributed by atoms with E-state index in [4.69, 9.17) is 9.47 Å². The van der Waals surface area contributed by atoms with E-state index in [1.165, 1.54) is 4.90 Å². The number of carbonyl (C=O) groups excluding carboxylic acids is 3. The molecule has 0 bridgehead atoms. The van der Waals surface area contributed by atoms with Gasteiger partial charge in [-0.1, -0.05) is 30.9 Å². The number of likely N-dealkylation sites (tertiary alicyclic amines) is 1. The van der Waals surface area contributed by atoms with Crippen molar-refractivity contribution in [1.29, 1.82) is 0 Å². The monoisotopic (exact) mass is 502 g/mol. The van der Waals surface area contributed by atoms with Gasteiger partial charge in [-0.25, -0.2) is 0 Å². The molecule has 3 heterocycles. The summed E-state index contributed by atoms with van der Waals surface area (Å²) in [4.78, 5) is 44.3. The van der Waals surface area contributed by atoms with Crippen LogP contribution in [0.15, 0.2) is 60.7 Å². The summed E-state index contributed by atoms with van der Waals surface area (Å²) in [6.45, 7) is 8.61. The van der Waals surface area contributed by atoms with Crippen molar-refractivity contribution in [2.45, 2.75) is 38.3 Å². The smallest absolute Gasteiger partial charge is 0.296 e. The van der Waals surface area contributed by atoms with Crippen LogP contribution in [0.5, 0.6) is 5.75 Å². The molecule has 37 heavy (non-hydrogen) atoms. The van der Waals surface area contributed by atoms with Crippen molar-refractivity contribution in [1.82, 2.24) is 4.90 Å². The first-order valence-corrected chi connectivity index (χ1v) is 12.5. The van der Waals surface area contributed by atoms with Gasteiger partial charge in [0.2, 0.25) is 0 Å². The van der Waals surface area contributed by atoms with Crippen LogP contribution < -0.4 is 9.64 Å². The minimum Gasteiger partial charge on any atom is -0.507 e. The maximum atomic E-state index is 14.2. The number of ketones is 1. The zero-order chi connectivity index (χ0) is 26.3. The van der Waals surface area contributed by atoms with E-state index in [9.17, 15) is 19.5 Å². The number of para-hydroxylation sites is 1. The molecular weight excluding hydrogens is 472 g/mol. The van der Waals surface area contributed by atoms with Gasteiger partial charge in [0.05, 0.1) is 17.4 Å². The Labute approximate surface area is 215 Å². The summed E-state index contributed by atoms with van der Waals surface area (Å²) in [5.41, 5.74) is 0.166. The van der Waals surface area contributed by atoms with Crippen molar-refractivity contribution in [2.75, 3.05) is 31.2 Å². The van der Waals surface area contributed by atoms with Crippen LogP contribution >= 0.6 is 0 Å². The highest BCUT2D eigenvalue weighted by Crippen LogP contribution is 2.53. The van der Waals surface area contributed by atoms with Gasteiger partial charge < -0.3 is 24.4 Å². The maximum absolute atomic E-state index is 14.2. The number of benzene rings is 2. The molecule has 2 atom stereocenters. The van der Waals surface area contributed by atoms with E-state index in [0.29, 0.717) is 42.3 Å². The molecule has 0 aliphatic carbocycles. The largest absolute Gasteiger partial charge is 0.507 e. The van der Waals surface area contributed by atoms with E-state index >= 15 is 0 Å². The fourth-order valence-electron chi connectivity index (χ4n) is 5.67. The van der Waals surface area contributed by atoms with Crippen LogP contribution in [0.25, 0.3) is 5.76 Å². The van der Waals surface area contributed by atoms with Gasteiger partial charge in [-0.05, 0) is 56.5 Å². The number of anilines is 1. The van der Waals surface area contributed by atoms with Crippen molar-refractivity contribution < 1.29 is 29.0 Å².